The molecule has 1 aromatic carbocycles. The predicted octanol–water partition coefficient (Wildman–Crippen LogP) is 2.69. The maximum Gasteiger partial charge on any atom is 0.131 e. The molecular formula is C13H19ClFNO2. The first-order valence-electron chi connectivity index (χ1n) is 5.92. The van der Waals surface area contributed by atoms with E-state index in [9.17, 15) is 9.50 Å². The maximum atomic E-state index is 13.8. The monoisotopic (exact) mass is 275 g/mol. The lowest BCUT2D eigenvalue weighted by atomic mass is 9.86. The van der Waals surface area contributed by atoms with Crippen LogP contribution in [0.15, 0.2) is 12.1 Å². The average molecular weight is 276 g/mol. The molecule has 0 aliphatic carbocycles. The van der Waals surface area contributed by atoms with Crippen LogP contribution in [-0.2, 0) is 4.74 Å². The molecule has 102 valence electrons. The van der Waals surface area contributed by atoms with E-state index in [-0.39, 0.29) is 29.6 Å². The van der Waals surface area contributed by atoms with Crippen LogP contribution in [0.25, 0.3) is 0 Å². The van der Waals surface area contributed by atoms with E-state index in [2.05, 4.69) is 0 Å². The molecule has 2 rings (SSSR count). The molecule has 1 aromatic rings. The summed E-state index contributed by atoms with van der Waals surface area (Å²) >= 11 is 0. The molecule has 0 spiro atoms. The van der Waals surface area contributed by atoms with Gasteiger partial charge in [-0.3, -0.25) is 0 Å². The van der Waals surface area contributed by atoms with Gasteiger partial charge in [0.2, 0.25) is 0 Å². The number of nitrogens with two attached hydrogens (primary N) is 1. The molecule has 1 saturated heterocycles. The molecule has 1 fully saturated rings. The fourth-order valence-electron chi connectivity index (χ4n) is 2.32. The quantitative estimate of drug-likeness (QED) is 0.872. The predicted molar refractivity (Wildman–Crippen MR) is 70.5 cm³/mol. The molecule has 0 saturated carbocycles. The number of halogens is 2. The summed E-state index contributed by atoms with van der Waals surface area (Å²) in [5.74, 6) is -0.262. The fourth-order valence-corrected chi connectivity index (χ4v) is 2.32. The van der Waals surface area contributed by atoms with Crippen LogP contribution < -0.4 is 5.73 Å². The van der Waals surface area contributed by atoms with E-state index in [1.807, 2.05) is 0 Å². The number of aryl methyl sites for hydroxylation is 1. The van der Waals surface area contributed by atoms with Gasteiger partial charge >= 0.3 is 0 Å². The van der Waals surface area contributed by atoms with Crippen molar-refractivity contribution in [2.24, 2.45) is 11.7 Å². The number of phenols is 1. The molecule has 0 radical (unpaired) electrons. The summed E-state index contributed by atoms with van der Waals surface area (Å²) in [5, 5.41) is 9.93. The molecule has 3 nitrogen and oxygen atoms in total. The first-order chi connectivity index (χ1) is 8.11. The standard InChI is InChI=1S/C13H18FNO2.ClH/c1-8-2-3-10(14)11(13(8)16)12(15)9-4-6-17-7-5-9;/h2-3,9,12,16H,4-7,15H2,1H3;1H/t12-;/m0./s1. The lowest BCUT2D eigenvalue weighted by Gasteiger charge is -2.28. The average Bonchev–Trinajstić information content (AvgIpc) is 2.35. The van der Waals surface area contributed by atoms with Crippen molar-refractivity contribution in [3.8, 4) is 5.75 Å². The van der Waals surface area contributed by atoms with Gasteiger partial charge in [-0.15, -0.1) is 12.4 Å². The number of ether oxygens (including phenoxy) is 1. The SMILES string of the molecule is Cc1ccc(F)c([C@@H](N)C2CCOCC2)c1O.Cl. The third kappa shape index (κ3) is 2.94. The minimum atomic E-state index is -0.459. The highest BCUT2D eigenvalue weighted by Crippen LogP contribution is 2.36. The summed E-state index contributed by atoms with van der Waals surface area (Å²) in [6, 6.07) is 2.47. The Bertz CT molecular complexity index is 408. The normalized spacial score (nSPS) is 18.2. The molecule has 18 heavy (non-hydrogen) atoms. The highest BCUT2D eigenvalue weighted by Gasteiger charge is 2.27. The smallest absolute Gasteiger partial charge is 0.131 e. The first-order valence-corrected chi connectivity index (χ1v) is 5.92. The Morgan fingerprint density at radius 2 is 2.00 bits per heavy atom. The molecule has 3 N–H and O–H groups in total. The van der Waals surface area contributed by atoms with E-state index in [0.717, 1.165) is 12.8 Å². The number of benzene rings is 1. The van der Waals surface area contributed by atoms with Crippen molar-refractivity contribution in [2.45, 2.75) is 25.8 Å². The van der Waals surface area contributed by atoms with E-state index in [1.165, 1.54) is 6.07 Å². The van der Waals surface area contributed by atoms with Crippen molar-refractivity contribution in [1.29, 1.82) is 0 Å². The molecule has 1 aliphatic rings. The minimum Gasteiger partial charge on any atom is -0.507 e. The van der Waals surface area contributed by atoms with Gasteiger partial charge in [0.05, 0.1) is 0 Å². The van der Waals surface area contributed by atoms with Crippen LogP contribution in [0.5, 0.6) is 5.75 Å². The van der Waals surface area contributed by atoms with E-state index in [1.54, 1.807) is 13.0 Å². The van der Waals surface area contributed by atoms with Gasteiger partial charge < -0.3 is 15.6 Å². The number of phenolic OH excluding ortho intramolecular Hbond substituents is 1. The van der Waals surface area contributed by atoms with E-state index in [4.69, 9.17) is 10.5 Å². The largest absolute Gasteiger partial charge is 0.507 e. The van der Waals surface area contributed by atoms with E-state index >= 15 is 0 Å². The summed E-state index contributed by atoms with van der Waals surface area (Å²) < 4.78 is 19.0. The molecule has 1 heterocycles. The molecule has 1 aliphatic heterocycles. The molecule has 1 atom stereocenters. The van der Waals surface area contributed by atoms with Crippen LogP contribution in [-0.4, -0.2) is 18.3 Å². The van der Waals surface area contributed by atoms with Crippen LogP contribution in [0.3, 0.4) is 0 Å². The van der Waals surface area contributed by atoms with Crippen LogP contribution >= 0.6 is 12.4 Å². The number of aromatic hydroxyl groups is 1. The summed E-state index contributed by atoms with van der Waals surface area (Å²) in [6.07, 6.45) is 1.63. The lowest BCUT2D eigenvalue weighted by molar-refractivity contribution is 0.0577. The van der Waals surface area contributed by atoms with Gasteiger partial charge in [-0.25, -0.2) is 4.39 Å². The molecule has 0 unspecified atom stereocenters. The summed E-state index contributed by atoms with van der Waals surface area (Å²) in [7, 11) is 0. The fraction of sp³-hybridized carbons (Fsp3) is 0.538. The van der Waals surface area contributed by atoms with Gasteiger partial charge in [0.25, 0.3) is 0 Å². The van der Waals surface area contributed by atoms with Crippen LogP contribution in [0, 0.1) is 18.7 Å². The molecule has 0 bridgehead atoms. The maximum absolute atomic E-state index is 13.8. The van der Waals surface area contributed by atoms with Crippen LogP contribution in [0.4, 0.5) is 4.39 Å². The third-order valence-electron chi connectivity index (χ3n) is 3.47. The van der Waals surface area contributed by atoms with Gasteiger partial charge in [0.1, 0.15) is 11.6 Å². The number of hydrogen-bond donors (Lipinski definition) is 2. The second-order valence-corrected chi connectivity index (χ2v) is 4.60. The Morgan fingerprint density at radius 1 is 1.39 bits per heavy atom. The van der Waals surface area contributed by atoms with E-state index in [0.29, 0.717) is 18.8 Å². The van der Waals surface area contributed by atoms with Gasteiger partial charge in [-0.1, -0.05) is 6.07 Å². The highest BCUT2D eigenvalue weighted by molar-refractivity contribution is 5.85. The highest BCUT2D eigenvalue weighted by atomic mass is 35.5. The van der Waals surface area contributed by atoms with Crippen molar-refractivity contribution in [1.82, 2.24) is 0 Å². The number of hydrogen-bond acceptors (Lipinski definition) is 3. The van der Waals surface area contributed by atoms with Crippen molar-refractivity contribution in [3.63, 3.8) is 0 Å². The van der Waals surface area contributed by atoms with Crippen molar-refractivity contribution in [3.05, 3.63) is 29.1 Å². The third-order valence-corrected chi connectivity index (χ3v) is 3.47. The zero-order valence-electron chi connectivity index (χ0n) is 10.4. The second kappa shape index (κ2) is 6.36. The Balaban J connectivity index is 0.00000162. The van der Waals surface area contributed by atoms with Crippen molar-refractivity contribution < 1.29 is 14.2 Å². The second-order valence-electron chi connectivity index (χ2n) is 4.60. The molecule has 5 heteroatoms. The molecule has 0 aromatic heterocycles. The first kappa shape index (κ1) is 15.2. The van der Waals surface area contributed by atoms with Gasteiger partial charge in [-0.2, -0.15) is 0 Å². The Morgan fingerprint density at radius 3 is 2.61 bits per heavy atom. The Hall–Kier alpha value is -0.840. The molecular weight excluding hydrogens is 257 g/mol. The van der Waals surface area contributed by atoms with Gasteiger partial charge in [0.15, 0.2) is 0 Å². The summed E-state index contributed by atoms with van der Waals surface area (Å²) in [4.78, 5) is 0. The van der Waals surface area contributed by atoms with Crippen LogP contribution in [0.2, 0.25) is 0 Å². The van der Waals surface area contributed by atoms with Crippen molar-refractivity contribution >= 4 is 12.4 Å². The summed E-state index contributed by atoms with van der Waals surface area (Å²) in [6.45, 7) is 3.06. The number of rotatable bonds is 2. The zero-order valence-corrected chi connectivity index (χ0v) is 11.2. The Labute approximate surface area is 113 Å². The van der Waals surface area contributed by atoms with E-state index < -0.39 is 11.9 Å². The summed E-state index contributed by atoms with van der Waals surface area (Å²) in [5.41, 5.74) is 6.99. The van der Waals surface area contributed by atoms with Gasteiger partial charge in [-0.05, 0) is 37.3 Å². The van der Waals surface area contributed by atoms with Crippen LogP contribution in [0.1, 0.15) is 30.0 Å². The van der Waals surface area contributed by atoms with Crippen molar-refractivity contribution in [2.75, 3.05) is 13.2 Å². The molecule has 0 amide bonds. The zero-order chi connectivity index (χ0) is 12.4. The van der Waals surface area contributed by atoms with Gasteiger partial charge in [0, 0.05) is 24.8 Å². The minimum absolute atomic E-state index is 0. The Kier molecular flexibility index (Phi) is 5.38. The topological polar surface area (TPSA) is 55.5 Å². The lowest BCUT2D eigenvalue weighted by Crippen LogP contribution is -2.28.